The predicted molar refractivity (Wildman–Crippen MR) is 124 cm³/mol. The number of rotatable bonds is 8. The third kappa shape index (κ3) is 4.86. The lowest BCUT2D eigenvalue weighted by Gasteiger charge is -2.38. The molecule has 156 valence electrons. The van der Waals surface area contributed by atoms with Crippen LogP contribution in [0.25, 0.3) is 5.57 Å². The van der Waals surface area contributed by atoms with Crippen molar-refractivity contribution in [3.8, 4) is 0 Å². The molecule has 5 heteroatoms. The highest BCUT2D eigenvalue weighted by Gasteiger charge is 2.46. The largest absolute Gasteiger partial charge is 0.483 e. The molecular formula is C25H27NO3S. The molecule has 1 atom stereocenters. The SMILES string of the molecule is CCOC(=O)C1(NCc2ccccc2)CC(C(=S)OCC)=CC=C1c1ccccc1. The number of carbonyl (C=O) groups excluding carboxylic acids is 1. The van der Waals surface area contributed by atoms with E-state index in [9.17, 15) is 4.79 Å². The molecule has 0 fully saturated rings. The first-order valence-electron chi connectivity index (χ1n) is 10.2. The summed E-state index contributed by atoms with van der Waals surface area (Å²) in [5, 5.41) is 3.93. The first-order chi connectivity index (χ1) is 14.6. The molecule has 0 heterocycles. The van der Waals surface area contributed by atoms with E-state index in [4.69, 9.17) is 21.7 Å². The molecule has 30 heavy (non-hydrogen) atoms. The van der Waals surface area contributed by atoms with Crippen molar-refractivity contribution >= 4 is 28.8 Å². The van der Waals surface area contributed by atoms with Crippen LogP contribution in [0.15, 0.2) is 78.4 Å². The molecule has 3 rings (SSSR count). The Labute approximate surface area is 183 Å². The Morgan fingerprint density at radius 3 is 2.23 bits per heavy atom. The van der Waals surface area contributed by atoms with Crippen LogP contribution in [-0.4, -0.2) is 29.8 Å². The molecule has 0 radical (unpaired) electrons. The van der Waals surface area contributed by atoms with Gasteiger partial charge in [0, 0.05) is 18.5 Å². The number of benzene rings is 2. The Kier molecular flexibility index (Phi) is 7.55. The van der Waals surface area contributed by atoms with Crippen LogP contribution in [0.2, 0.25) is 0 Å². The molecule has 1 aliphatic carbocycles. The van der Waals surface area contributed by atoms with Crippen LogP contribution in [0.4, 0.5) is 0 Å². The number of hydrogen-bond donors (Lipinski definition) is 1. The van der Waals surface area contributed by atoms with E-state index >= 15 is 0 Å². The molecule has 2 aromatic rings. The zero-order valence-corrected chi connectivity index (χ0v) is 18.2. The van der Waals surface area contributed by atoms with Gasteiger partial charge in [-0.1, -0.05) is 72.8 Å². The fourth-order valence-electron chi connectivity index (χ4n) is 3.61. The summed E-state index contributed by atoms with van der Waals surface area (Å²) in [6, 6.07) is 19.9. The van der Waals surface area contributed by atoms with Gasteiger partial charge in [-0.25, -0.2) is 4.79 Å². The van der Waals surface area contributed by atoms with Crippen molar-refractivity contribution in [2.75, 3.05) is 13.2 Å². The maximum atomic E-state index is 13.4. The summed E-state index contributed by atoms with van der Waals surface area (Å²) < 4.78 is 11.1. The van der Waals surface area contributed by atoms with Crippen LogP contribution in [0.5, 0.6) is 0 Å². The molecule has 2 aromatic carbocycles. The molecule has 0 spiro atoms. The summed E-state index contributed by atoms with van der Waals surface area (Å²) >= 11 is 5.46. The van der Waals surface area contributed by atoms with E-state index in [0.29, 0.717) is 31.2 Å². The lowest BCUT2D eigenvalue weighted by molar-refractivity contribution is -0.148. The Morgan fingerprint density at radius 2 is 1.60 bits per heavy atom. The molecule has 1 N–H and O–H groups in total. The molecule has 0 amide bonds. The third-order valence-electron chi connectivity index (χ3n) is 5.05. The zero-order valence-electron chi connectivity index (χ0n) is 17.4. The molecule has 0 aliphatic heterocycles. The Morgan fingerprint density at radius 1 is 0.967 bits per heavy atom. The second-order valence-corrected chi connectivity index (χ2v) is 7.37. The molecule has 0 aromatic heterocycles. The quantitative estimate of drug-likeness (QED) is 0.487. The normalized spacial score (nSPS) is 18.2. The number of nitrogens with one attached hydrogen (secondary N) is 1. The van der Waals surface area contributed by atoms with Crippen LogP contribution < -0.4 is 5.32 Å². The summed E-state index contributed by atoms with van der Waals surface area (Å²) in [4.78, 5) is 13.4. The van der Waals surface area contributed by atoms with Gasteiger partial charge in [-0.05, 0) is 42.8 Å². The predicted octanol–water partition coefficient (Wildman–Crippen LogP) is 4.86. The number of allylic oxidation sites excluding steroid dienone is 2. The maximum Gasteiger partial charge on any atom is 0.331 e. The fourth-order valence-corrected chi connectivity index (χ4v) is 3.86. The van der Waals surface area contributed by atoms with E-state index < -0.39 is 5.54 Å². The van der Waals surface area contributed by atoms with Crippen LogP contribution in [0, 0.1) is 0 Å². The highest BCUT2D eigenvalue weighted by molar-refractivity contribution is 7.80. The van der Waals surface area contributed by atoms with Crippen molar-refractivity contribution in [3.63, 3.8) is 0 Å². The average molecular weight is 422 g/mol. The Hall–Kier alpha value is -2.76. The summed E-state index contributed by atoms with van der Waals surface area (Å²) in [6.07, 6.45) is 4.26. The number of ether oxygens (including phenoxy) is 2. The highest BCUT2D eigenvalue weighted by Crippen LogP contribution is 2.38. The molecular weight excluding hydrogens is 394 g/mol. The molecule has 1 unspecified atom stereocenters. The summed E-state index contributed by atoms with van der Waals surface area (Å²) in [5.41, 5.74) is 2.64. The summed E-state index contributed by atoms with van der Waals surface area (Å²) in [5.74, 6) is -0.319. The van der Waals surface area contributed by atoms with Crippen LogP contribution in [0.1, 0.15) is 31.4 Å². The average Bonchev–Trinajstić information content (AvgIpc) is 2.79. The third-order valence-corrected chi connectivity index (χ3v) is 5.43. The smallest absolute Gasteiger partial charge is 0.331 e. The van der Waals surface area contributed by atoms with Crippen LogP contribution in [0.3, 0.4) is 0 Å². The Bertz CT molecular complexity index is 937. The van der Waals surface area contributed by atoms with E-state index in [-0.39, 0.29) is 5.97 Å². The van der Waals surface area contributed by atoms with Crippen molar-refractivity contribution in [1.82, 2.24) is 5.32 Å². The van der Waals surface area contributed by atoms with E-state index in [1.54, 1.807) is 0 Å². The van der Waals surface area contributed by atoms with Gasteiger partial charge in [-0.2, -0.15) is 0 Å². The summed E-state index contributed by atoms with van der Waals surface area (Å²) in [7, 11) is 0. The minimum Gasteiger partial charge on any atom is -0.483 e. The molecule has 0 bridgehead atoms. The topological polar surface area (TPSA) is 47.6 Å². The van der Waals surface area contributed by atoms with Gasteiger partial charge in [-0.3, -0.25) is 5.32 Å². The standard InChI is InChI=1S/C25H27NO3S/c1-3-28-23(30)21-15-16-22(20-13-9-6-10-14-20)25(17-21,24(27)29-4-2)26-18-19-11-7-5-8-12-19/h5-16,26H,3-4,17-18H2,1-2H3. The summed E-state index contributed by atoms with van der Waals surface area (Å²) in [6.45, 7) is 5.00. The second-order valence-electron chi connectivity index (χ2n) is 7.00. The Balaban J connectivity index is 2.06. The van der Waals surface area contributed by atoms with Gasteiger partial charge in [0.05, 0.1) is 13.2 Å². The molecule has 1 aliphatic rings. The van der Waals surface area contributed by atoms with Gasteiger partial charge in [-0.15, -0.1) is 0 Å². The van der Waals surface area contributed by atoms with Crippen LogP contribution >= 0.6 is 12.2 Å². The number of carbonyl (C=O) groups is 1. The van der Waals surface area contributed by atoms with Gasteiger partial charge in [0.15, 0.2) is 5.05 Å². The van der Waals surface area contributed by atoms with E-state index in [2.05, 4.69) is 5.32 Å². The van der Waals surface area contributed by atoms with Gasteiger partial charge >= 0.3 is 5.97 Å². The van der Waals surface area contributed by atoms with Crippen molar-refractivity contribution in [2.24, 2.45) is 0 Å². The van der Waals surface area contributed by atoms with Gasteiger partial charge in [0.2, 0.25) is 0 Å². The second kappa shape index (κ2) is 10.3. The highest BCUT2D eigenvalue weighted by atomic mass is 32.1. The number of hydrogen-bond acceptors (Lipinski definition) is 5. The first-order valence-corrected chi connectivity index (χ1v) is 10.6. The fraction of sp³-hybridized carbons (Fsp3) is 0.280. The monoisotopic (exact) mass is 421 g/mol. The van der Waals surface area contributed by atoms with Gasteiger partial charge < -0.3 is 9.47 Å². The van der Waals surface area contributed by atoms with Crippen molar-refractivity contribution < 1.29 is 14.3 Å². The zero-order chi connectivity index (χ0) is 21.4. The van der Waals surface area contributed by atoms with E-state index in [0.717, 1.165) is 22.3 Å². The molecule has 4 nitrogen and oxygen atoms in total. The number of thiocarbonyl (C=S) groups is 1. The van der Waals surface area contributed by atoms with E-state index in [1.165, 1.54) is 0 Å². The van der Waals surface area contributed by atoms with Crippen molar-refractivity contribution in [1.29, 1.82) is 0 Å². The van der Waals surface area contributed by atoms with Crippen molar-refractivity contribution in [2.45, 2.75) is 32.4 Å². The number of esters is 1. The minimum atomic E-state index is -1.07. The minimum absolute atomic E-state index is 0.296. The van der Waals surface area contributed by atoms with E-state index in [1.807, 2.05) is 86.7 Å². The van der Waals surface area contributed by atoms with Gasteiger partial charge in [0.1, 0.15) is 5.54 Å². The lowest BCUT2D eigenvalue weighted by atomic mass is 9.76. The van der Waals surface area contributed by atoms with Crippen molar-refractivity contribution in [3.05, 3.63) is 89.5 Å². The lowest BCUT2D eigenvalue weighted by Crippen LogP contribution is -2.55. The van der Waals surface area contributed by atoms with Crippen LogP contribution in [-0.2, 0) is 20.8 Å². The first kappa shape index (κ1) is 21.9. The molecule has 0 saturated heterocycles. The maximum absolute atomic E-state index is 13.4. The molecule has 0 saturated carbocycles. The van der Waals surface area contributed by atoms with Gasteiger partial charge in [0.25, 0.3) is 0 Å².